The zero-order valence-corrected chi connectivity index (χ0v) is 10.2. The summed E-state index contributed by atoms with van der Waals surface area (Å²) in [7, 11) is 0. The van der Waals surface area contributed by atoms with Crippen LogP contribution < -0.4 is 0 Å². The topological polar surface area (TPSA) is 29.5 Å². The molecule has 0 bridgehead atoms. The average Bonchev–Trinajstić information content (AvgIpc) is 2.88. The van der Waals surface area contributed by atoms with Gasteiger partial charge in [0.1, 0.15) is 0 Å². The molecule has 3 heteroatoms. The number of amides is 1. The lowest BCUT2D eigenvalue weighted by molar-refractivity contribution is -0.137. The summed E-state index contributed by atoms with van der Waals surface area (Å²) in [5.41, 5.74) is 1.07. The molecule has 0 spiro atoms. The minimum Gasteiger partial charge on any atom is -0.352 e. The highest BCUT2D eigenvalue weighted by Crippen LogP contribution is 2.42. The Morgan fingerprint density at radius 3 is 2.65 bits per heavy atom. The van der Waals surface area contributed by atoms with E-state index in [1.165, 1.54) is 0 Å². The van der Waals surface area contributed by atoms with Crippen molar-refractivity contribution >= 4 is 5.91 Å². The van der Waals surface area contributed by atoms with E-state index in [1.807, 2.05) is 42.2 Å². The van der Waals surface area contributed by atoms with Crippen LogP contribution in [0.4, 0.5) is 0 Å². The van der Waals surface area contributed by atoms with E-state index in [9.17, 15) is 4.79 Å². The number of nitrogens with zero attached hydrogens (tertiary/aromatic N) is 1. The molecule has 0 N–H and O–H groups in total. The van der Waals surface area contributed by atoms with Gasteiger partial charge in [-0.2, -0.15) is 0 Å². The molecule has 4 atom stereocenters. The monoisotopic (exact) mass is 231 g/mol. The van der Waals surface area contributed by atoms with E-state index in [2.05, 4.69) is 6.92 Å². The van der Waals surface area contributed by atoms with Gasteiger partial charge in [-0.05, 0) is 5.92 Å². The SMILES string of the molecule is CC1C(=O)N2C(c3ccccc3)OCC2C1C. The summed E-state index contributed by atoms with van der Waals surface area (Å²) in [6, 6.07) is 10.2. The van der Waals surface area contributed by atoms with Gasteiger partial charge in [0.2, 0.25) is 5.91 Å². The van der Waals surface area contributed by atoms with Gasteiger partial charge in [-0.25, -0.2) is 0 Å². The van der Waals surface area contributed by atoms with Gasteiger partial charge in [0.25, 0.3) is 0 Å². The molecule has 1 aromatic rings. The van der Waals surface area contributed by atoms with Crippen molar-refractivity contribution < 1.29 is 9.53 Å². The molecule has 1 amide bonds. The molecule has 4 unspecified atom stereocenters. The standard InChI is InChI=1S/C14H17NO2/c1-9-10(2)13(16)15-12(9)8-17-14(15)11-6-4-3-5-7-11/h3-7,9-10,12,14H,8H2,1-2H3. The summed E-state index contributed by atoms with van der Waals surface area (Å²) in [6.45, 7) is 4.83. The summed E-state index contributed by atoms with van der Waals surface area (Å²) in [6.07, 6.45) is -0.180. The molecular formula is C14H17NO2. The number of fused-ring (bicyclic) bond motifs is 1. The highest BCUT2D eigenvalue weighted by atomic mass is 16.5. The number of hydrogen-bond donors (Lipinski definition) is 0. The Morgan fingerprint density at radius 2 is 1.94 bits per heavy atom. The number of carbonyl (C=O) groups excluding carboxylic acids is 1. The molecule has 2 saturated heterocycles. The van der Waals surface area contributed by atoms with E-state index in [4.69, 9.17) is 4.74 Å². The van der Waals surface area contributed by atoms with Crippen LogP contribution in [0.5, 0.6) is 0 Å². The van der Waals surface area contributed by atoms with Crippen molar-refractivity contribution in [2.45, 2.75) is 26.1 Å². The highest BCUT2D eigenvalue weighted by molar-refractivity contribution is 5.82. The lowest BCUT2D eigenvalue weighted by atomic mass is 9.94. The predicted octanol–water partition coefficient (Wildman–Crippen LogP) is 2.20. The van der Waals surface area contributed by atoms with Crippen LogP contribution in [0.2, 0.25) is 0 Å². The van der Waals surface area contributed by atoms with Crippen LogP contribution in [-0.2, 0) is 9.53 Å². The Kier molecular flexibility index (Phi) is 2.44. The van der Waals surface area contributed by atoms with Gasteiger partial charge in [0.15, 0.2) is 6.23 Å². The summed E-state index contributed by atoms with van der Waals surface area (Å²) >= 11 is 0. The maximum absolute atomic E-state index is 12.2. The lowest BCUT2D eigenvalue weighted by Crippen LogP contribution is -2.32. The van der Waals surface area contributed by atoms with Gasteiger partial charge < -0.3 is 9.64 Å². The molecule has 90 valence electrons. The smallest absolute Gasteiger partial charge is 0.228 e. The van der Waals surface area contributed by atoms with Gasteiger partial charge in [-0.1, -0.05) is 44.2 Å². The number of hydrogen-bond acceptors (Lipinski definition) is 2. The summed E-state index contributed by atoms with van der Waals surface area (Å²) < 4.78 is 5.80. The van der Waals surface area contributed by atoms with Gasteiger partial charge in [-0.15, -0.1) is 0 Å². The zero-order chi connectivity index (χ0) is 12.0. The van der Waals surface area contributed by atoms with E-state index >= 15 is 0 Å². The van der Waals surface area contributed by atoms with E-state index in [0.717, 1.165) is 5.56 Å². The number of carbonyl (C=O) groups is 1. The van der Waals surface area contributed by atoms with Crippen molar-refractivity contribution in [1.29, 1.82) is 0 Å². The first kappa shape index (κ1) is 10.8. The summed E-state index contributed by atoms with van der Waals surface area (Å²) in [4.78, 5) is 14.2. The fourth-order valence-electron chi connectivity index (χ4n) is 2.88. The van der Waals surface area contributed by atoms with Crippen LogP contribution >= 0.6 is 0 Å². The van der Waals surface area contributed by atoms with Crippen LogP contribution in [0.3, 0.4) is 0 Å². The van der Waals surface area contributed by atoms with Crippen LogP contribution in [0, 0.1) is 11.8 Å². The van der Waals surface area contributed by atoms with Crippen LogP contribution in [0.15, 0.2) is 30.3 Å². The molecule has 0 saturated carbocycles. The third-order valence-electron chi connectivity index (χ3n) is 4.16. The van der Waals surface area contributed by atoms with Gasteiger partial charge in [0, 0.05) is 11.5 Å². The number of rotatable bonds is 1. The molecule has 2 fully saturated rings. The molecular weight excluding hydrogens is 214 g/mol. The molecule has 0 aromatic heterocycles. The van der Waals surface area contributed by atoms with Gasteiger partial charge in [-0.3, -0.25) is 4.79 Å². The van der Waals surface area contributed by atoms with Crippen molar-refractivity contribution in [1.82, 2.24) is 4.90 Å². The first-order chi connectivity index (χ1) is 8.20. The second-order valence-electron chi connectivity index (χ2n) is 5.06. The van der Waals surface area contributed by atoms with Crippen molar-refractivity contribution in [2.24, 2.45) is 11.8 Å². The third kappa shape index (κ3) is 1.49. The fraction of sp³-hybridized carbons (Fsp3) is 0.500. The zero-order valence-electron chi connectivity index (χ0n) is 10.2. The van der Waals surface area contributed by atoms with Crippen LogP contribution in [0.25, 0.3) is 0 Å². The third-order valence-corrected chi connectivity index (χ3v) is 4.16. The van der Waals surface area contributed by atoms with E-state index < -0.39 is 0 Å². The normalized spacial score (nSPS) is 36.4. The van der Waals surface area contributed by atoms with Crippen LogP contribution in [-0.4, -0.2) is 23.5 Å². The van der Waals surface area contributed by atoms with E-state index in [-0.39, 0.29) is 24.1 Å². The Hall–Kier alpha value is -1.35. The highest BCUT2D eigenvalue weighted by Gasteiger charge is 2.50. The van der Waals surface area contributed by atoms with E-state index in [1.54, 1.807) is 0 Å². The van der Waals surface area contributed by atoms with Crippen LogP contribution in [0.1, 0.15) is 25.6 Å². The first-order valence-corrected chi connectivity index (χ1v) is 6.19. The molecule has 2 aliphatic rings. The van der Waals surface area contributed by atoms with Gasteiger partial charge >= 0.3 is 0 Å². The first-order valence-electron chi connectivity index (χ1n) is 6.19. The Labute approximate surface area is 101 Å². The Balaban J connectivity index is 1.93. The number of benzene rings is 1. The molecule has 3 nitrogen and oxygen atoms in total. The maximum Gasteiger partial charge on any atom is 0.228 e. The van der Waals surface area contributed by atoms with Crippen molar-refractivity contribution in [3.05, 3.63) is 35.9 Å². The van der Waals surface area contributed by atoms with Gasteiger partial charge in [0.05, 0.1) is 12.6 Å². The predicted molar refractivity (Wildman–Crippen MR) is 64.1 cm³/mol. The van der Waals surface area contributed by atoms with E-state index in [0.29, 0.717) is 12.5 Å². The average molecular weight is 231 g/mol. The maximum atomic E-state index is 12.2. The molecule has 0 aliphatic carbocycles. The number of ether oxygens (including phenoxy) is 1. The fourth-order valence-corrected chi connectivity index (χ4v) is 2.88. The van der Waals surface area contributed by atoms with Crippen molar-refractivity contribution in [3.63, 3.8) is 0 Å². The lowest BCUT2D eigenvalue weighted by Gasteiger charge is -2.23. The van der Waals surface area contributed by atoms with Crippen molar-refractivity contribution in [2.75, 3.05) is 6.61 Å². The molecule has 2 heterocycles. The summed E-state index contributed by atoms with van der Waals surface area (Å²) in [5.74, 6) is 0.736. The molecule has 1 aromatic carbocycles. The molecule has 0 radical (unpaired) electrons. The Morgan fingerprint density at radius 1 is 1.24 bits per heavy atom. The molecule has 17 heavy (non-hydrogen) atoms. The minimum atomic E-state index is -0.180. The summed E-state index contributed by atoms with van der Waals surface area (Å²) in [5, 5.41) is 0. The Bertz CT molecular complexity index is 431. The quantitative estimate of drug-likeness (QED) is 0.741. The minimum absolute atomic E-state index is 0.120. The second-order valence-corrected chi connectivity index (χ2v) is 5.06. The molecule has 2 aliphatic heterocycles. The largest absolute Gasteiger partial charge is 0.352 e. The van der Waals surface area contributed by atoms with Crippen molar-refractivity contribution in [3.8, 4) is 0 Å². The second kappa shape index (κ2) is 3.84. The molecule has 3 rings (SSSR count).